The standard InChI is InChI=1S/C9H12FN2O2/c1-12(2,3)7-4-5-8(10)9(6-7)11(13)14/h4-6H,1-3H3/q+1. The molecule has 1 aromatic rings. The molecule has 0 atom stereocenters. The zero-order chi connectivity index (χ0) is 10.9. The van der Waals surface area contributed by atoms with Crippen molar-refractivity contribution >= 4 is 11.4 Å². The molecule has 0 aliphatic carbocycles. The van der Waals surface area contributed by atoms with Crippen LogP contribution in [-0.4, -0.2) is 26.1 Å². The first kappa shape index (κ1) is 10.6. The molecule has 14 heavy (non-hydrogen) atoms. The van der Waals surface area contributed by atoms with Crippen LogP contribution in [0.4, 0.5) is 15.8 Å². The van der Waals surface area contributed by atoms with Crippen LogP contribution in [0, 0.1) is 15.9 Å². The van der Waals surface area contributed by atoms with Crippen molar-refractivity contribution in [2.24, 2.45) is 0 Å². The van der Waals surface area contributed by atoms with Gasteiger partial charge < -0.3 is 0 Å². The zero-order valence-electron chi connectivity index (χ0n) is 8.32. The van der Waals surface area contributed by atoms with Gasteiger partial charge in [0.25, 0.3) is 0 Å². The van der Waals surface area contributed by atoms with Crippen molar-refractivity contribution in [3.05, 3.63) is 34.1 Å². The van der Waals surface area contributed by atoms with Crippen LogP contribution in [-0.2, 0) is 0 Å². The molecule has 0 radical (unpaired) electrons. The second-order valence-electron chi connectivity index (χ2n) is 3.91. The average molecular weight is 199 g/mol. The van der Waals surface area contributed by atoms with Crippen LogP contribution in [0.15, 0.2) is 18.2 Å². The third-order valence-electron chi connectivity index (χ3n) is 1.90. The van der Waals surface area contributed by atoms with E-state index in [-0.39, 0.29) is 0 Å². The number of nitrogens with zero attached hydrogens (tertiary/aromatic N) is 2. The minimum Gasteiger partial charge on any atom is -0.298 e. The molecule has 76 valence electrons. The van der Waals surface area contributed by atoms with Gasteiger partial charge in [-0.15, -0.1) is 0 Å². The molecule has 0 saturated carbocycles. The topological polar surface area (TPSA) is 43.1 Å². The van der Waals surface area contributed by atoms with Crippen molar-refractivity contribution in [3.8, 4) is 0 Å². The second-order valence-corrected chi connectivity index (χ2v) is 3.91. The van der Waals surface area contributed by atoms with Crippen molar-refractivity contribution in [2.45, 2.75) is 0 Å². The number of nitro groups is 1. The van der Waals surface area contributed by atoms with Crippen LogP contribution < -0.4 is 4.48 Å². The van der Waals surface area contributed by atoms with Gasteiger partial charge in [0.15, 0.2) is 0 Å². The maximum Gasteiger partial charge on any atom is 0.310 e. The molecule has 0 aromatic heterocycles. The van der Waals surface area contributed by atoms with E-state index in [1.165, 1.54) is 6.07 Å². The summed E-state index contributed by atoms with van der Waals surface area (Å²) in [6.45, 7) is 0. The Labute approximate surface area is 81.3 Å². The smallest absolute Gasteiger partial charge is 0.298 e. The van der Waals surface area contributed by atoms with Crippen molar-refractivity contribution in [1.29, 1.82) is 0 Å². The van der Waals surface area contributed by atoms with Crippen LogP contribution in [0.25, 0.3) is 0 Å². The Kier molecular flexibility index (Phi) is 2.53. The molecule has 1 aromatic carbocycles. The van der Waals surface area contributed by atoms with Crippen LogP contribution in [0.3, 0.4) is 0 Å². The lowest BCUT2D eigenvalue weighted by molar-refractivity contribution is -0.387. The Hall–Kier alpha value is -1.49. The summed E-state index contributed by atoms with van der Waals surface area (Å²) in [5.74, 6) is -0.799. The maximum absolute atomic E-state index is 13.0. The van der Waals surface area contributed by atoms with Crippen LogP contribution in [0.5, 0.6) is 0 Å². The van der Waals surface area contributed by atoms with Crippen LogP contribution in [0.1, 0.15) is 0 Å². The molecule has 0 unspecified atom stereocenters. The number of hydrogen-bond acceptors (Lipinski definition) is 2. The van der Waals surface area contributed by atoms with Gasteiger partial charge in [0.05, 0.1) is 32.1 Å². The quantitative estimate of drug-likeness (QED) is 0.415. The second kappa shape index (κ2) is 3.34. The lowest BCUT2D eigenvalue weighted by Gasteiger charge is -2.22. The number of nitro benzene ring substituents is 1. The number of benzene rings is 1. The molecular weight excluding hydrogens is 187 g/mol. The summed E-state index contributed by atoms with van der Waals surface area (Å²) in [7, 11) is 5.57. The average Bonchev–Trinajstić information content (AvgIpc) is 2.02. The van der Waals surface area contributed by atoms with E-state index in [9.17, 15) is 14.5 Å². The molecule has 0 aliphatic heterocycles. The number of hydrogen-bond donors (Lipinski definition) is 0. The highest BCUT2D eigenvalue weighted by molar-refractivity contribution is 5.50. The molecule has 0 heterocycles. The van der Waals surface area contributed by atoms with Gasteiger partial charge in [-0.25, -0.2) is 0 Å². The van der Waals surface area contributed by atoms with Crippen molar-refractivity contribution < 1.29 is 9.31 Å². The fourth-order valence-electron chi connectivity index (χ4n) is 1.06. The molecule has 1 rings (SSSR count). The largest absolute Gasteiger partial charge is 0.310 e. The third-order valence-corrected chi connectivity index (χ3v) is 1.90. The first-order chi connectivity index (χ1) is 6.32. The minimum atomic E-state index is -0.799. The summed E-state index contributed by atoms with van der Waals surface area (Å²) in [6, 6.07) is 3.93. The lowest BCUT2D eigenvalue weighted by atomic mass is 10.2. The van der Waals surface area contributed by atoms with E-state index >= 15 is 0 Å². The molecule has 0 fully saturated rings. The van der Waals surface area contributed by atoms with Crippen molar-refractivity contribution in [3.63, 3.8) is 0 Å². The molecular formula is C9H12FN2O2+. The Morgan fingerprint density at radius 2 is 1.93 bits per heavy atom. The Morgan fingerprint density at radius 1 is 1.36 bits per heavy atom. The van der Waals surface area contributed by atoms with Gasteiger partial charge in [-0.1, -0.05) is 0 Å². The molecule has 0 saturated heterocycles. The van der Waals surface area contributed by atoms with Crippen LogP contribution >= 0.6 is 0 Å². The molecule has 0 N–H and O–H groups in total. The summed E-state index contributed by atoms with van der Waals surface area (Å²) in [5.41, 5.74) is 0.216. The van der Waals surface area contributed by atoms with Gasteiger partial charge in [0.2, 0.25) is 5.82 Å². The van der Waals surface area contributed by atoms with Crippen LogP contribution in [0.2, 0.25) is 0 Å². The predicted molar refractivity (Wildman–Crippen MR) is 52.6 cm³/mol. The summed E-state index contributed by atoms with van der Waals surface area (Å²) in [4.78, 5) is 9.75. The number of halogens is 1. The van der Waals surface area contributed by atoms with E-state index in [1.54, 1.807) is 6.07 Å². The Morgan fingerprint density at radius 3 is 2.36 bits per heavy atom. The van der Waals surface area contributed by atoms with Crippen molar-refractivity contribution in [2.75, 3.05) is 21.1 Å². The highest BCUT2D eigenvalue weighted by Crippen LogP contribution is 2.25. The van der Waals surface area contributed by atoms with Gasteiger partial charge in [0, 0.05) is 6.07 Å². The zero-order valence-corrected chi connectivity index (χ0v) is 8.32. The van der Waals surface area contributed by atoms with Gasteiger partial charge in [-0.2, -0.15) is 4.39 Å². The maximum atomic E-state index is 13.0. The Bertz CT molecular complexity index is 372. The SMILES string of the molecule is C[N+](C)(C)c1ccc(F)c([N+](=O)[O-])c1. The molecule has 0 aliphatic rings. The first-order valence-corrected chi connectivity index (χ1v) is 4.08. The van der Waals surface area contributed by atoms with E-state index < -0.39 is 16.4 Å². The lowest BCUT2D eigenvalue weighted by Crippen LogP contribution is -2.34. The summed E-state index contributed by atoms with van der Waals surface area (Å²) < 4.78 is 13.4. The highest BCUT2D eigenvalue weighted by Gasteiger charge is 2.20. The summed E-state index contributed by atoms with van der Waals surface area (Å²) >= 11 is 0. The molecule has 4 nitrogen and oxygen atoms in total. The highest BCUT2D eigenvalue weighted by atomic mass is 19.1. The van der Waals surface area contributed by atoms with Crippen molar-refractivity contribution in [1.82, 2.24) is 4.48 Å². The van der Waals surface area contributed by atoms with E-state index in [4.69, 9.17) is 0 Å². The van der Waals surface area contributed by atoms with Gasteiger partial charge >= 0.3 is 5.69 Å². The third kappa shape index (κ3) is 2.05. The van der Waals surface area contributed by atoms with Gasteiger partial charge in [0.1, 0.15) is 5.69 Å². The van der Waals surface area contributed by atoms with E-state index in [0.29, 0.717) is 10.2 Å². The van der Waals surface area contributed by atoms with E-state index in [0.717, 1.165) is 6.07 Å². The minimum absolute atomic E-state index is 0.418. The molecule has 0 spiro atoms. The summed E-state index contributed by atoms with van der Waals surface area (Å²) in [5, 5.41) is 10.5. The fourth-order valence-corrected chi connectivity index (χ4v) is 1.06. The fraction of sp³-hybridized carbons (Fsp3) is 0.333. The van der Waals surface area contributed by atoms with E-state index in [2.05, 4.69) is 0 Å². The first-order valence-electron chi connectivity index (χ1n) is 4.08. The molecule has 0 bridgehead atoms. The number of quaternary nitrogens is 1. The number of rotatable bonds is 2. The Balaban J connectivity index is 3.27. The van der Waals surface area contributed by atoms with Gasteiger partial charge in [-0.05, 0) is 6.07 Å². The van der Waals surface area contributed by atoms with Gasteiger partial charge in [-0.3, -0.25) is 14.6 Å². The van der Waals surface area contributed by atoms with E-state index in [1.807, 2.05) is 21.1 Å². The predicted octanol–water partition coefficient (Wildman–Crippen LogP) is 1.93. The normalized spacial score (nSPS) is 11.4. The summed E-state index contributed by atoms with van der Waals surface area (Å²) in [6.07, 6.45) is 0. The molecule has 5 heteroatoms. The molecule has 0 amide bonds. The monoisotopic (exact) mass is 199 g/mol.